The van der Waals surface area contributed by atoms with Crippen LogP contribution in [0, 0.1) is 18.3 Å². The molecule has 0 spiro atoms. The fourth-order valence-corrected chi connectivity index (χ4v) is 8.17. The topological polar surface area (TPSA) is 257 Å². The average molecular weight is 872 g/mol. The molecule has 336 valence electrons. The van der Waals surface area contributed by atoms with E-state index in [1.807, 2.05) is 43.3 Å². The number of fused-ring (bicyclic) bond motifs is 5. The minimum atomic E-state index is -1.37. The molecule has 64 heavy (non-hydrogen) atoms. The molecule has 4 aromatic carbocycles. The second kappa shape index (κ2) is 21.5. The lowest BCUT2D eigenvalue weighted by Gasteiger charge is -2.32. The van der Waals surface area contributed by atoms with E-state index in [1.165, 1.54) is 24.4 Å². The SMILES string of the molecule is Cc1cc(C2CC2c2ccccc2)ccc1C(=O)N[C@@H](CCN)C(=O)N(C)[C@@H]1C(=O)N[C@@H](C)C(=O)N[C@H](C(=O)NCC#N)Cc2ccc(OCCN)c(c2)-c2cc1ccc2OCCN. The Morgan fingerprint density at radius 2 is 1.48 bits per heavy atom. The Hall–Kier alpha value is -6.80. The van der Waals surface area contributed by atoms with Crippen molar-refractivity contribution in [2.24, 2.45) is 17.2 Å². The summed E-state index contributed by atoms with van der Waals surface area (Å²) >= 11 is 0. The molecule has 4 bridgehead atoms. The molecular weight excluding hydrogens is 815 g/mol. The number of nitriles is 1. The first-order valence-electron chi connectivity index (χ1n) is 21.5. The summed E-state index contributed by atoms with van der Waals surface area (Å²) in [6.45, 7) is 3.78. The normalized spacial score (nSPS) is 19.7. The van der Waals surface area contributed by atoms with Crippen LogP contribution in [0.15, 0.2) is 84.9 Å². The molecule has 1 heterocycles. The number of carbonyl (C=O) groups excluding carboxylic acids is 5. The zero-order valence-electron chi connectivity index (χ0n) is 36.4. The molecule has 1 fully saturated rings. The fraction of sp³-hybridized carbons (Fsp3) is 0.375. The van der Waals surface area contributed by atoms with Crippen molar-refractivity contribution >= 4 is 29.5 Å². The lowest BCUT2D eigenvalue weighted by atomic mass is 9.93. The van der Waals surface area contributed by atoms with Crippen LogP contribution in [-0.4, -0.2) is 99.0 Å². The van der Waals surface area contributed by atoms with E-state index in [0.717, 1.165) is 17.5 Å². The first-order valence-corrected chi connectivity index (χ1v) is 21.5. The predicted octanol–water partition coefficient (Wildman–Crippen LogP) is 2.44. The van der Waals surface area contributed by atoms with Crippen molar-refractivity contribution in [2.45, 2.75) is 69.1 Å². The highest BCUT2D eigenvalue weighted by molar-refractivity contribution is 6.00. The van der Waals surface area contributed by atoms with Crippen LogP contribution in [0.3, 0.4) is 0 Å². The average Bonchev–Trinajstić information content (AvgIpc) is 4.10. The third-order valence-electron chi connectivity index (χ3n) is 11.6. The number of hydrogen-bond donors (Lipinski definition) is 7. The van der Waals surface area contributed by atoms with Crippen LogP contribution in [-0.2, 0) is 25.6 Å². The fourth-order valence-electron chi connectivity index (χ4n) is 8.17. The minimum absolute atomic E-state index is 0.0134. The van der Waals surface area contributed by atoms with E-state index < -0.39 is 53.7 Å². The Balaban J connectivity index is 1.36. The molecule has 4 aromatic rings. The van der Waals surface area contributed by atoms with Gasteiger partial charge in [0.05, 0.1) is 6.07 Å². The Morgan fingerprint density at radius 1 is 0.828 bits per heavy atom. The number of carbonyl (C=O) groups is 5. The van der Waals surface area contributed by atoms with Crippen molar-refractivity contribution in [2.75, 3.05) is 46.4 Å². The zero-order valence-corrected chi connectivity index (χ0v) is 36.4. The van der Waals surface area contributed by atoms with Gasteiger partial charge >= 0.3 is 0 Å². The lowest BCUT2D eigenvalue weighted by molar-refractivity contribution is -0.141. The van der Waals surface area contributed by atoms with Crippen molar-refractivity contribution < 1.29 is 33.4 Å². The van der Waals surface area contributed by atoms with Gasteiger partial charge in [-0.25, -0.2) is 0 Å². The van der Waals surface area contributed by atoms with Gasteiger partial charge < -0.3 is 52.8 Å². The highest BCUT2D eigenvalue weighted by Crippen LogP contribution is 2.54. The van der Waals surface area contributed by atoms with Gasteiger partial charge in [-0.3, -0.25) is 24.0 Å². The van der Waals surface area contributed by atoms with E-state index in [-0.39, 0.29) is 52.2 Å². The molecular formula is C48H57N9O7. The first-order chi connectivity index (χ1) is 30.9. The molecule has 2 aliphatic rings. The molecule has 6 rings (SSSR count). The molecule has 0 aromatic heterocycles. The minimum Gasteiger partial charge on any atom is -0.492 e. The second-order valence-corrected chi connectivity index (χ2v) is 16.1. The highest BCUT2D eigenvalue weighted by Gasteiger charge is 2.40. The van der Waals surface area contributed by atoms with Crippen LogP contribution < -0.4 is 47.9 Å². The number of benzene rings is 4. The van der Waals surface area contributed by atoms with Gasteiger partial charge in [0.25, 0.3) is 5.91 Å². The molecule has 1 saturated carbocycles. The monoisotopic (exact) mass is 871 g/mol. The Labute approximate surface area is 373 Å². The van der Waals surface area contributed by atoms with E-state index in [0.29, 0.717) is 51.2 Å². The van der Waals surface area contributed by atoms with Crippen LogP contribution in [0.2, 0.25) is 0 Å². The quantitative estimate of drug-likeness (QED) is 0.0805. The van der Waals surface area contributed by atoms with Crippen molar-refractivity contribution in [3.05, 3.63) is 118 Å². The summed E-state index contributed by atoms with van der Waals surface area (Å²) in [5, 5.41) is 20.0. The molecule has 0 radical (unpaired) electrons. The zero-order chi connectivity index (χ0) is 45.9. The van der Waals surface area contributed by atoms with Crippen LogP contribution in [0.4, 0.5) is 0 Å². The maximum absolute atomic E-state index is 14.7. The Kier molecular flexibility index (Phi) is 15.7. The van der Waals surface area contributed by atoms with Gasteiger partial charge in [-0.15, -0.1) is 0 Å². The Bertz CT molecular complexity index is 2390. The van der Waals surface area contributed by atoms with Crippen molar-refractivity contribution in [1.82, 2.24) is 26.2 Å². The van der Waals surface area contributed by atoms with E-state index in [1.54, 1.807) is 42.5 Å². The summed E-state index contributed by atoms with van der Waals surface area (Å²) < 4.78 is 12.2. The van der Waals surface area contributed by atoms with E-state index >= 15 is 0 Å². The number of amides is 5. The summed E-state index contributed by atoms with van der Waals surface area (Å²) in [6.07, 6.45) is 1.09. The molecule has 0 saturated heterocycles. The van der Waals surface area contributed by atoms with Gasteiger partial charge in [0.15, 0.2) is 0 Å². The number of ether oxygens (including phenoxy) is 2. The van der Waals surface area contributed by atoms with Crippen molar-refractivity contribution in [3.63, 3.8) is 0 Å². The standard InChI is InChI=1S/C48H57N9O7/c1-28-23-32(36-27-35(36)31-7-5-4-6-8-31)10-12-34(28)45(59)55-39(15-16-49)48(62)57(3)43-33-11-14-42(64-22-19-52)38(26-33)37-24-30(9-13-41(37)63-21-18-51)25-40(46(60)53-20-17-50)56-44(58)29(2)54-47(43)61/h4-14,23-24,26,29,35-36,39-40,43H,15-16,18-22,25,27,49,51-52H2,1-3H3,(H,53,60)(H,54,61)(H,55,59)(H,56,58)/t29-,35?,36?,39-,40-,43-/m0/s1. The van der Waals surface area contributed by atoms with Crippen molar-refractivity contribution in [1.29, 1.82) is 5.26 Å². The number of aryl methyl sites for hydroxylation is 1. The summed E-state index contributed by atoms with van der Waals surface area (Å²) in [5.41, 5.74) is 23.2. The second-order valence-electron chi connectivity index (χ2n) is 16.1. The molecule has 2 unspecified atom stereocenters. The van der Waals surface area contributed by atoms with Crippen LogP contribution >= 0.6 is 0 Å². The first kappa shape index (κ1) is 46.7. The van der Waals surface area contributed by atoms with E-state index in [9.17, 15) is 24.0 Å². The smallest absolute Gasteiger partial charge is 0.252 e. The number of nitrogens with two attached hydrogens (primary N) is 3. The van der Waals surface area contributed by atoms with Gasteiger partial charge in [0, 0.05) is 43.2 Å². The third-order valence-corrected chi connectivity index (χ3v) is 11.6. The van der Waals surface area contributed by atoms with Gasteiger partial charge in [-0.2, -0.15) is 5.26 Å². The number of nitrogens with zero attached hydrogens (tertiary/aromatic N) is 2. The van der Waals surface area contributed by atoms with E-state index in [4.69, 9.17) is 31.9 Å². The maximum atomic E-state index is 14.7. The predicted molar refractivity (Wildman–Crippen MR) is 241 cm³/mol. The maximum Gasteiger partial charge on any atom is 0.252 e. The molecule has 6 atom stereocenters. The number of nitrogens with one attached hydrogen (secondary N) is 4. The molecule has 5 amide bonds. The van der Waals surface area contributed by atoms with Gasteiger partial charge in [-0.05, 0) is 103 Å². The number of hydrogen-bond acceptors (Lipinski definition) is 11. The summed E-state index contributed by atoms with van der Waals surface area (Å²) in [5.74, 6) is -1.53. The Morgan fingerprint density at radius 3 is 2.14 bits per heavy atom. The van der Waals surface area contributed by atoms with Crippen LogP contribution in [0.5, 0.6) is 11.5 Å². The van der Waals surface area contributed by atoms with Gasteiger partial charge in [0.1, 0.15) is 55.4 Å². The summed E-state index contributed by atoms with van der Waals surface area (Å²) in [7, 11) is 1.44. The van der Waals surface area contributed by atoms with Gasteiger partial charge in [-0.1, -0.05) is 54.6 Å². The van der Waals surface area contributed by atoms with Gasteiger partial charge in [0.2, 0.25) is 23.6 Å². The summed E-state index contributed by atoms with van der Waals surface area (Å²) in [6, 6.07) is 23.4. The summed E-state index contributed by atoms with van der Waals surface area (Å²) in [4.78, 5) is 71.4. The van der Waals surface area contributed by atoms with Crippen molar-refractivity contribution in [3.8, 4) is 28.7 Å². The number of likely N-dealkylation sites (N-methyl/N-ethyl adjacent to an activating group) is 1. The van der Waals surface area contributed by atoms with Crippen LogP contribution in [0.1, 0.15) is 75.8 Å². The van der Waals surface area contributed by atoms with Crippen LogP contribution in [0.25, 0.3) is 11.1 Å². The largest absolute Gasteiger partial charge is 0.492 e. The lowest BCUT2D eigenvalue weighted by Crippen LogP contribution is -2.56. The molecule has 10 N–H and O–H groups in total. The number of rotatable bonds is 16. The third kappa shape index (κ3) is 11.0. The molecule has 1 aliphatic carbocycles. The van der Waals surface area contributed by atoms with E-state index in [2.05, 4.69) is 33.4 Å². The molecule has 1 aliphatic heterocycles. The molecule has 16 heteroatoms. The molecule has 16 nitrogen and oxygen atoms in total. The highest BCUT2D eigenvalue weighted by atomic mass is 16.5.